The third-order valence-corrected chi connectivity index (χ3v) is 4.89. The van der Waals surface area contributed by atoms with Gasteiger partial charge in [-0.2, -0.15) is 0 Å². The van der Waals surface area contributed by atoms with Gasteiger partial charge in [0.15, 0.2) is 12.4 Å². The van der Waals surface area contributed by atoms with E-state index in [2.05, 4.69) is 27.9 Å². The Hall–Kier alpha value is -1.89. The topological polar surface area (TPSA) is 55.4 Å². The minimum absolute atomic E-state index is 0.0919. The van der Waals surface area contributed by atoms with E-state index in [0.29, 0.717) is 17.7 Å². The molecule has 1 aliphatic carbocycles. The lowest BCUT2D eigenvalue weighted by atomic mass is 9.97. The van der Waals surface area contributed by atoms with E-state index in [9.17, 15) is 9.59 Å². The second kappa shape index (κ2) is 6.93. The summed E-state index contributed by atoms with van der Waals surface area (Å²) in [6, 6.07) is 11.2. The molecule has 0 spiro atoms. The lowest BCUT2D eigenvalue weighted by Crippen LogP contribution is -2.20. The van der Waals surface area contributed by atoms with Crippen LogP contribution >= 0.6 is 22.6 Å². The van der Waals surface area contributed by atoms with Crippen molar-refractivity contribution in [1.29, 1.82) is 0 Å². The molecule has 24 heavy (non-hydrogen) atoms. The molecule has 2 aromatic carbocycles. The molecule has 124 valence electrons. The minimum atomic E-state index is -0.246. The molecule has 0 aliphatic heterocycles. The average molecular weight is 435 g/mol. The maximum atomic E-state index is 12.2. The number of Topliss-reactive ketones (excluding diaryl/α,β-unsaturated/α-hetero) is 1. The predicted molar refractivity (Wildman–Crippen MR) is 102 cm³/mol. The Morgan fingerprint density at radius 3 is 2.67 bits per heavy atom. The normalized spacial score (nSPS) is 16.0. The quantitative estimate of drug-likeness (QED) is 0.729. The van der Waals surface area contributed by atoms with Gasteiger partial charge in [0.05, 0.1) is 5.56 Å². The number of ketones is 1. The summed E-state index contributed by atoms with van der Waals surface area (Å²) < 4.78 is 6.75. The number of rotatable bonds is 4. The SMILES string of the molecule is Cc1ccc(OCC(=O)Nc2ccc(I)cc2)c2c1[C@@H](C)CC2=O. The van der Waals surface area contributed by atoms with Crippen LogP contribution in [0.4, 0.5) is 5.69 Å². The van der Waals surface area contributed by atoms with Gasteiger partial charge >= 0.3 is 0 Å². The number of anilines is 1. The van der Waals surface area contributed by atoms with Gasteiger partial charge in [-0.25, -0.2) is 0 Å². The molecular formula is C19H18INO3. The van der Waals surface area contributed by atoms with E-state index in [1.54, 1.807) is 6.07 Å². The Morgan fingerprint density at radius 1 is 1.25 bits per heavy atom. The highest BCUT2D eigenvalue weighted by atomic mass is 127. The van der Waals surface area contributed by atoms with Crippen LogP contribution in [0.5, 0.6) is 5.75 Å². The number of fused-ring (bicyclic) bond motifs is 1. The fourth-order valence-electron chi connectivity index (χ4n) is 3.10. The summed E-state index contributed by atoms with van der Waals surface area (Å²) in [5.41, 5.74) is 3.52. The Bertz CT molecular complexity index is 799. The first-order valence-corrected chi connectivity index (χ1v) is 8.88. The van der Waals surface area contributed by atoms with Crippen LogP contribution in [0, 0.1) is 10.5 Å². The monoisotopic (exact) mass is 435 g/mol. The first-order chi connectivity index (χ1) is 11.5. The molecule has 0 saturated carbocycles. The third-order valence-electron chi connectivity index (χ3n) is 4.18. The Balaban J connectivity index is 1.70. The molecule has 1 amide bonds. The van der Waals surface area contributed by atoms with Crippen molar-refractivity contribution in [3.05, 3.63) is 56.7 Å². The number of hydrogen-bond donors (Lipinski definition) is 1. The van der Waals surface area contributed by atoms with Gasteiger partial charge < -0.3 is 10.1 Å². The number of ether oxygens (including phenoxy) is 1. The predicted octanol–water partition coefficient (Wildman–Crippen LogP) is 4.31. The largest absolute Gasteiger partial charge is 0.483 e. The molecule has 4 nitrogen and oxygen atoms in total. The van der Waals surface area contributed by atoms with Crippen LogP contribution in [0.15, 0.2) is 36.4 Å². The summed E-state index contributed by atoms with van der Waals surface area (Å²) in [4.78, 5) is 24.3. The van der Waals surface area contributed by atoms with E-state index in [1.807, 2.05) is 44.2 Å². The smallest absolute Gasteiger partial charge is 0.262 e. The summed E-state index contributed by atoms with van der Waals surface area (Å²) in [5, 5.41) is 2.79. The molecule has 0 fully saturated rings. The number of halogens is 1. The van der Waals surface area contributed by atoms with E-state index < -0.39 is 0 Å². The van der Waals surface area contributed by atoms with Crippen molar-refractivity contribution in [2.75, 3.05) is 11.9 Å². The Morgan fingerprint density at radius 2 is 1.96 bits per heavy atom. The van der Waals surface area contributed by atoms with Crippen molar-refractivity contribution in [2.24, 2.45) is 0 Å². The van der Waals surface area contributed by atoms with Gasteiger partial charge in [0.25, 0.3) is 5.91 Å². The molecule has 5 heteroatoms. The van der Waals surface area contributed by atoms with Crippen molar-refractivity contribution < 1.29 is 14.3 Å². The maximum Gasteiger partial charge on any atom is 0.262 e. The molecule has 2 aromatic rings. The van der Waals surface area contributed by atoms with Gasteiger partial charge in [-0.05, 0) is 76.9 Å². The second-order valence-corrected chi connectivity index (χ2v) is 7.29. The summed E-state index contributed by atoms with van der Waals surface area (Å²) in [7, 11) is 0. The fourth-order valence-corrected chi connectivity index (χ4v) is 3.46. The highest BCUT2D eigenvalue weighted by Crippen LogP contribution is 2.40. The summed E-state index contributed by atoms with van der Waals surface area (Å²) in [6.45, 7) is 3.92. The zero-order valence-corrected chi connectivity index (χ0v) is 15.7. The van der Waals surface area contributed by atoms with Crippen molar-refractivity contribution in [3.8, 4) is 5.75 Å². The number of amides is 1. The van der Waals surface area contributed by atoms with Crippen LogP contribution in [-0.2, 0) is 4.79 Å². The van der Waals surface area contributed by atoms with Gasteiger partial charge in [-0.3, -0.25) is 9.59 Å². The van der Waals surface area contributed by atoms with E-state index in [1.165, 1.54) is 0 Å². The molecule has 0 saturated heterocycles. The number of benzene rings is 2. The average Bonchev–Trinajstić information content (AvgIpc) is 2.85. The molecule has 0 aromatic heterocycles. The van der Waals surface area contributed by atoms with Gasteiger partial charge in [-0.1, -0.05) is 13.0 Å². The summed E-state index contributed by atoms with van der Waals surface area (Å²) >= 11 is 2.21. The number of nitrogens with one attached hydrogen (secondary N) is 1. The van der Waals surface area contributed by atoms with Crippen molar-refractivity contribution in [2.45, 2.75) is 26.2 Å². The molecule has 3 rings (SSSR count). The zero-order chi connectivity index (χ0) is 17.3. The van der Waals surface area contributed by atoms with Gasteiger partial charge in [0.1, 0.15) is 5.75 Å². The van der Waals surface area contributed by atoms with Crippen LogP contribution in [-0.4, -0.2) is 18.3 Å². The summed E-state index contributed by atoms with van der Waals surface area (Å²) in [6.07, 6.45) is 0.505. The zero-order valence-electron chi connectivity index (χ0n) is 13.6. The van der Waals surface area contributed by atoms with Crippen molar-refractivity contribution in [3.63, 3.8) is 0 Å². The molecule has 0 bridgehead atoms. The minimum Gasteiger partial charge on any atom is -0.483 e. The second-order valence-electron chi connectivity index (χ2n) is 6.04. The fraction of sp³-hybridized carbons (Fsp3) is 0.263. The first-order valence-electron chi connectivity index (χ1n) is 7.80. The Labute approximate surface area is 154 Å². The highest BCUT2D eigenvalue weighted by molar-refractivity contribution is 14.1. The molecule has 1 aliphatic rings. The standard InChI is InChI=1S/C19H18INO3/c1-11-3-8-16(19-15(22)9-12(2)18(11)19)24-10-17(23)21-14-6-4-13(20)5-7-14/h3-8,12H,9-10H2,1-2H3,(H,21,23)/t12-/m0/s1. The van der Waals surface area contributed by atoms with Crippen molar-refractivity contribution >= 4 is 40.0 Å². The highest BCUT2D eigenvalue weighted by Gasteiger charge is 2.31. The van der Waals surface area contributed by atoms with Crippen LogP contribution in [0.3, 0.4) is 0 Å². The molecule has 1 atom stereocenters. The lowest BCUT2D eigenvalue weighted by molar-refractivity contribution is -0.118. The van der Waals surface area contributed by atoms with Crippen LogP contribution in [0.2, 0.25) is 0 Å². The summed E-state index contributed by atoms with van der Waals surface area (Å²) in [5.74, 6) is 0.553. The van der Waals surface area contributed by atoms with Gasteiger partial charge in [0, 0.05) is 15.7 Å². The van der Waals surface area contributed by atoms with Crippen molar-refractivity contribution in [1.82, 2.24) is 0 Å². The molecule has 0 heterocycles. The van der Waals surface area contributed by atoms with E-state index in [0.717, 1.165) is 20.4 Å². The first kappa shape index (κ1) is 17.0. The molecule has 0 unspecified atom stereocenters. The van der Waals surface area contributed by atoms with E-state index in [4.69, 9.17) is 4.74 Å². The van der Waals surface area contributed by atoms with Crippen LogP contribution < -0.4 is 10.1 Å². The third kappa shape index (κ3) is 3.45. The molecular weight excluding hydrogens is 417 g/mol. The van der Waals surface area contributed by atoms with E-state index >= 15 is 0 Å². The number of hydrogen-bond acceptors (Lipinski definition) is 3. The number of carbonyl (C=O) groups excluding carboxylic acids is 2. The van der Waals surface area contributed by atoms with Crippen LogP contribution in [0.1, 0.15) is 40.7 Å². The van der Waals surface area contributed by atoms with E-state index in [-0.39, 0.29) is 24.2 Å². The lowest BCUT2D eigenvalue weighted by Gasteiger charge is -2.13. The molecule has 1 N–H and O–H groups in total. The molecule has 0 radical (unpaired) electrons. The van der Waals surface area contributed by atoms with Gasteiger partial charge in [0.2, 0.25) is 0 Å². The Kier molecular flexibility index (Phi) is 4.89. The van der Waals surface area contributed by atoms with Gasteiger partial charge in [-0.15, -0.1) is 0 Å². The number of aryl methyl sites for hydroxylation is 1. The van der Waals surface area contributed by atoms with Crippen LogP contribution in [0.25, 0.3) is 0 Å². The maximum absolute atomic E-state index is 12.2. The number of carbonyl (C=O) groups is 2.